The van der Waals surface area contributed by atoms with E-state index in [1.807, 2.05) is 35.9 Å². The molecule has 0 spiro atoms. The van der Waals surface area contributed by atoms with Crippen LogP contribution in [0.25, 0.3) is 11.0 Å². The van der Waals surface area contributed by atoms with Crippen LogP contribution in [0.2, 0.25) is 0 Å². The Morgan fingerprint density at radius 2 is 1.96 bits per heavy atom. The number of hydrogen-bond donors (Lipinski definition) is 0. The summed E-state index contributed by atoms with van der Waals surface area (Å²) in [5, 5.41) is 5.25. The summed E-state index contributed by atoms with van der Waals surface area (Å²) in [6.45, 7) is 6.37. The molecule has 1 aromatic carbocycles. The Balaban J connectivity index is 1.88. The van der Waals surface area contributed by atoms with Crippen molar-refractivity contribution in [3.05, 3.63) is 47.3 Å². The number of nitrogens with zero attached hydrogens (tertiary/aromatic N) is 4. The van der Waals surface area contributed by atoms with E-state index in [9.17, 15) is 4.79 Å². The molecule has 3 aromatic rings. The maximum absolute atomic E-state index is 13.1. The van der Waals surface area contributed by atoms with Gasteiger partial charge in [0, 0.05) is 36.7 Å². The number of rotatable bonds is 6. The number of aryl methyl sites for hydroxylation is 1. The lowest BCUT2D eigenvalue weighted by Crippen LogP contribution is -2.27. The van der Waals surface area contributed by atoms with E-state index in [1.54, 1.807) is 32.4 Å². The monoisotopic (exact) mass is 382 g/mol. The molecule has 0 aliphatic heterocycles. The Morgan fingerprint density at radius 3 is 2.61 bits per heavy atom. The van der Waals surface area contributed by atoms with E-state index < -0.39 is 0 Å². The first-order valence-electron chi connectivity index (χ1n) is 9.17. The smallest absolute Gasteiger partial charge is 0.255 e. The van der Waals surface area contributed by atoms with Crippen molar-refractivity contribution in [1.82, 2.24) is 19.7 Å². The number of amides is 1. The van der Waals surface area contributed by atoms with Gasteiger partial charge in [-0.1, -0.05) is 0 Å². The summed E-state index contributed by atoms with van der Waals surface area (Å²) in [4.78, 5) is 19.4. The third-order valence-corrected chi connectivity index (χ3v) is 4.73. The zero-order chi connectivity index (χ0) is 20.4. The fourth-order valence-corrected chi connectivity index (χ4v) is 3.18. The lowest BCUT2D eigenvalue weighted by Gasteiger charge is -2.20. The van der Waals surface area contributed by atoms with Crippen molar-refractivity contribution in [2.45, 2.75) is 33.4 Å². The number of aromatic nitrogens is 3. The van der Waals surface area contributed by atoms with Gasteiger partial charge in [-0.25, -0.2) is 9.67 Å². The molecule has 0 aliphatic rings. The lowest BCUT2D eigenvalue weighted by molar-refractivity contribution is 0.0783. The molecule has 0 saturated carbocycles. The molecule has 3 rings (SSSR count). The quantitative estimate of drug-likeness (QED) is 0.651. The molecular weight excluding hydrogens is 356 g/mol. The highest BCUT2D eigenvalue weighted by Crippen LogP contribution is 2.26. The van der Waals surface area contributed by atoms with Crippen molar-refractivity contribution in [3.8, 4) is 11.5 Å². The predicted molar refractivity (Wildman–Crippen MR) is 108 cm³/mol. The molecule has 0 aliphatic carbocycles. The van der Waals surface area contributed by atoms with E-state index in [0.29, 0.717) is 29.3 Å². The van der Waals surface area contributed by atoms with Crippen LogP contribution in [-0.4, -0.2) is 46.8 Å². The molecule has 2 heterocycles. The van der Waals surface area contributed by atoms with Gasteiger partial charge < -0.3 is 14.4 Å². The number of methoxy groups -OCH3 is 2. The zero-order valence-corrected chi connectivity index (χ0v) is 17.2. The second kappa shape index (κ2) is 7.88. The minimum absolute atomic E-state index is 0.0953. The second-order valence-corrected chi connectivity index (χ2v) is 7.06. The molecule has 7 nitrogen and oxygen atoms in total. The van der Waals surface area contributed by atoms with Crippen LogP contribution >= 0.6 is 0 Å². The van der Waals surface area contributed by atoms with Crippen LogP contribution in [0.15, 0.2) is 30.5 Å². The fraction of sp³-hybridized carbons (Fsp3) is 0.381. The number of hydrogen-bond acceptors (Lipinski definition) is 5. The van der Waals surface area contributed by atoms with Crippen molar-refractivity contribution in [2.75, 3.05) is 21.3 Å². The van der Waals surface area contributed by atoms with Gasteiger partial charge in [-0.2, -0.15) is 5.10 Å². The molecule has 0 N–H and O–H groups in total. The van der Waals surface area contributed by atoms with E-state index >= 15 is 0 Å². The van der Waals surface area contributed by atoms with Gasteiger partial charge in [0.05, 0.1) is 31.7 Å². The predicted octanol–water partition coefficient (Wildman–Crippen LogP) is 3.61. The van der Waals surface area contributed by atoms with Gasteiger partial charge in [-0.15, -0.1) is 0 Å². The summed E-state index contributed by atoms with van der Waals surface area (Å²) in [5.41, 5.74) is 2.96. The van der Waals surface area contributed by atoms with Crippen LogP contribution in [0.1, 0.15) is 41.5 Å². The van der Waals surface area contributed by atoms with E-state index in [0.717, 1.165) is 16.6 Å². The Labute approximate surface area is 164 Å². The van der Waals surface area contributed by atoms with Gasteiger partial charge in [-0.05, 0) is 39.0 Å². The first-order chi connectivity index (χ1) is 13.3. The van der Waals surface area contributed by atoms with Crippen molar-refractivity contribution < 1.29 is 14.3 Å². The Hall–Kier alpha value is -3.09. The number of pyridine rings is 1. The highest BCUT2D eigenvalue weighted by atomic mass is 16.5. The van der Waals surface area contributed by atoms with Crippen molar-refractivity contribution in [3.63, 3.8) is 0 Å². The summed E-state index contributed by atoms with van der Waals surface area (Å²) < 4.78 is 12.5. The summed E-state index contributed by atoms with van der Waals surface area (Å²) in [7, 11) is 4.99. The molecule has 2 aromatic heterocycles. The Morgan fingerprint density at radius 1 is 1.21 bits per heavy atom. The largest absolute Gasteiger partial charge is 0.497 e. The molecule has 7 heteroatoms. The summed E-state index contributed by atoms with van der Waals surface area (Å²) >= 11 is 0. The molecule has 0 atom stereocenters. The van der Waals surface area contributed by atoms with Gasteiger partial charge in [0.2, 0.25) is 0 Å². The number of ether oxygens (including phenoxy) is 2. The topological polar surface area (TPSA) is 69.5 Å². The molecule has 148 valence electrons. The Kier molecular flexibility index (Phi) is 5.53. The molecule has 1 amide bonds. The first kappa shape index (κ1) is 19.7. The van der Waals surface area contributed by atoms with E-state index in [4.69, 9.17) is 9.47 Å². The number of carbonyl (C=O) groups is 1. The third kappa shape index (κ3) is 3.65. The molecule has 28 heavy (non-hydrogen) atoms. The minimum atomic E-state index is -0.0953. The molecule has 0 fully saturated rings. The van der Waals surface area contributed by atoms with Crippen LogP contribution in [0.4, 0.5) is 0 Å². The van der Waals surface area contributed by atoms with E-state index in [1.165, 1.54) is 0 Å². The average Bonchev–Trinajstić information content (AvgIpc) is 3.09. The summed E-state index contributed by atoms with van der Waals surface area (Å²) in [6, 6.07) is 7.65. The van der Waals surface area contributed by atoms with E-state index in [2.05, 4.69) is 23.9 Å². The van der Waals surface area contributed by atoms with Crippen molar-refractivity contribution >= 4 is 16.9 Å². The minimum Gasteiger partial charge on any atom is -0.497 e. The maximum atomic E-state index is 13.1. The summed E-state index contributed by atoms with van der Waals surface area (Å²) in [5.74, 6) is 1.30. The number of carbonyl (C=O) groups excluding carboxylic acids is 1. The second-order valence-electron chi connectivity index (χ2n) is 7.06. The van der Waals surface area contributed by atoms with Gasteiger partial charge >= 0.3 is 0 Å². The maximum Gasteiger partial charge on any atom is 0.255 e. The molecule has 0 unspecified atom stereocenters. The van der Waals surface area contributed by atoms with Gasteiger partial charge in [0.15, 0.2) is 5.65 Å². The lowest BCUT2D eigenvalue weighted by atomic mass is 10.1. The normalized spacial score (nSPS) is 11.1. The third-order valence-electron chi connectivity index (χ3n) is 4.73. The van der Waals surface area contributed by atoms with Gasteiger partial charge in [0.25, 0.3) is 5.91 Å². The molecular formula is C21H26N4O3. The SMILES string of the molecule is COc1ccc(CN(C)C(=O)c2cc3cnn(C(C)C)c3nc2C)c(OC)c1. The fourth-order valence-electron chi connectivity index (χ4n) is 3.18. The number of benzene rings is 1. The molecule has 0 radical (unpaired) electrons. The van der Waals surface area contributed by atoms with Crippen LogP contribution < -0.4 is 9.47 Å². The van der Waals surface area contributed by atoms with Crippen LogP contribution in [0.5, 0.6) is 11.5 Å². The molecule has 0 saturated heterocycles. The first-order valence-corrected chi connectivity index (χ1v) is 9.17. The van der Waals surface area contributed by atoms with Gasteiger partial charge in [0.1, 0.15) is 11.5 Å². The average molecular weight is 382 g/mol. The van der Waals surface area contributed by atoms with Crippen LogP contribution in [0.3, 0.4) is 0 Å². The van der Waals surface area contributed by atoms with Crippen LogP contribution in [-0.2, 0) is 6.54 Å². The molecule has 0 bridgehead atoms. The highest BCUT2D eigenvalue weighted by molar-refractivity contribution is 5.98. The van der Waals surface area contributed by atoms with Gasteiger partial charge in [-0.3, -0.25) is 4.79 Å². The number of fused-ring (bicyclic) bond motifs is 1. The Bertz CT molecular complexity index is 1010. The van der Waals surface area contributed by atoms with Crippen LogP contribution in [0, 0.1) is 6.92 Å². The van der Waals surface area contributed by atoms with Crippen molar-refractivity contribution in [1.29, 1.82) is 0 Å². The standard InChI is InChI=1S/C21H26N4O3/c1-13(2)25-20-16(11-22-25)9-18(14(3)23-20)21(26)24(4)12-15-7-8-17(27-5)10-19(15)28-6/h7-11,13H,12H2,1-6H3. The van der Waals surface area contributed by atoms with Crippen molar-refractivity contribution in [2.24, 2.45) is 0 Å². The summed E-state index contributed by atoms with van der Waals surface area (Å²) in [6.07, 6.45) is 1.76. The highest BCUT2D eigenvalue weighted by Gasteiger charge is 2.19. The van der Waals surface area contributed by atoms with E-state index in [-0.39, 0.29) is 11.9 Å². The zero-order valence-electron chi connectivity index (χ0n) is 17.2.